The van der Waals surface area contributed by atoms with Gasteiger partial charge in [0.15, 0.2) is 0 Å². The maximum atomic E-state index is 3.17. The lowest BCUT2D eigenvalue weighted by atomic mass is 10.1. The molecule has 1 heterocycles. The van der Waals surface area contributed by atoms with Crippen molar-refractivity contribution in [1.29, 1.82) is 0 Å². The van der Waals surface area contributed by atoms with Crippen LogP contribution in [-0.2, 0) is 0 Å². The van der Waals surface area contributed by atoms with E-state index in [1.807, 2.05) is 18.4 Å². The molecule has 24 heavy (non-hydrogen) atoms. The van der Waals surface area contributed by atoms with Gasteiger partial charge in [-0.3, -0.25) is 0 Å². The van der Waals surface area contributed by atoms with E-state index in [2.05, 4.69) is 87.6 Å². The van der Waals surface area contributed by atoms with Crippen LogP contribution in [0.3, 0.4) is 0 Å². The van der Waals surface area contributed by atoms with Crippen LogP contribution in [0.5, 0.6) is 0 Å². The van der Waals surface area contributed by atoms with E-state index in [0.29, 0.717) is 0 Å². The zero-order valence-electron chi connectivity index (χ0n) is 15.6. The third kappa shape index (κ3) is 4.09. The Morgan fingerprint density at radius 3 is 2.46 bits per heavy atom. The number of hydrogen-bond acceptors (Lipinski definition) is 3. The molecule has 128 valence electrons. The molecule has 0 saturated heterocycles. The highest BCUT2D eigenvalue weighted by atomic mass is 32.1. The van der Waals surface area contributed by atoms with E-state index in [4.69, 9.17) is 0 Å². The molecule has 1 aromatic heterocycles. The van der Waals surface area contributed by atoms with Gasteiger partial charge in [-0.2, -0.15) is 0 Å². The van der Waals surface area contributed by atoms with Crippen LogP contribution in [0.2, 0.25) is 0 Å². The van der Waals surface area contributed by atoms with Gasteiger partial charge in [0.2, 0.25) is 0 Å². The molecule has 2 nitrogen and oxygen atoms in total. The number of nitrogens with one attached hydrogen (secondary N) is 1. The first kappa shape index (κ1) is 18.3. The zero-order valence-corrected chi connectivity index (χ0v) is 16.4. The standard InChI is InChI=1S/C21H28N2S/c1-7-15(3)14-23(6)19(8-2)20-13-16(4)21(24-20)17-9-11-18(22-5)12-10-17/h8-14,22H,7H2,1-6H3/b15-14+,19-8-. The number of aryl methyl sites for hydroxylation is 1. The van der Waals surface area contributed by atoms with Gasteiger partial charge in [-0.25, -0.2) is 0 Å². The van der Waals surface area contributed by atoms with Crippen molar-refractivity contribution in [3.05, 3.63) is 58.6 Å². The molecule has 1 N–H and O–H groups in total. The van der Waals surface area contributed by atoms with Crippen molar-refractivity contribution in [3.8, 4) is 10.4 Å². The molecule has 2 aromatic rings. The van der Waals surface area contributed by atoms with E-state index in [1.165, 1.54) is 32.2 Å². The summed E-state index contributed by atoms with van der Waals surface area (Å²) in [5.41, 5.74) is 6.39. The maximum absolute atomic E-state index is 3.17. The maximum Gasteiger partial charge on any atom is 0.0535 e. The Morgan fingerprint density at radius 2 is 1.92 bits per heavy atom. The van der Waals surface area contributed by atoms with Gasteiger partial charge in [-0.1, -0.05) is 30.7 Å². The lowest BCUT2D eigenvalue weighted by Gasteiger charge is -2.18. The van der Waals surface area contributed by atoms with Crippen LogP contribution < -0.4 is 5.32 Å². The van der Waals surface area contributed by atoms with E-state index >= 15 is 0 Å². The first-order valence-electron chi connectivity index (χ1n) is 8.45. The average Bonchev–Trinajstić information content (AvgIpc) is 2.96. The fraction of sp³-hybridized carbons (Fsp3) is 0.333. The molecule has 0 atom stereocenters. The van der Waals surface area contributed by atoms with Gasteiger partial charge >= 0.3 is 0 Å². The largest absolute Gasteiger partial charge is 0.388 e. The summed E-state index contributed by atoms with van der Waals surface area (Å²) in [4.78, 5) is 4.89. The molecule has 0 fully saturated rings. The van der Waals surface area contributed by atoms with E-state index in [-0.39, 0.29) is 0 Å². The average molecular weight is 341 g/mol. The molecule has 0 aliphatic carbocycles. The van der Waals surface area contributed by atoms with Crippen LogP contribution in [0.15, 0.2) is 48.2 Å². The summed E-state index contributed by atoms with van der Waals surface area (Å²) in [6.45, 7) is 8.68. The van der Waals surface area contributed by atoms with Crippen LogP contribution in [0.4, 0.5) is 5.69 Å². The normalized spacial score (nSPS) is 12.4. The van der Waals surface area contributed by atoms with Crippen molar-refractivity contribution in [3.63, 3.8) is 0 Å². The minimum Gasteiger partial charge on any atom is -0.388 e. The Bertz CT molecular complexity index is 736. The molecule has 1 aromatic carbocycles. The monoisotopic (exact) mass is 340 g/mol. The summed E-state index contributed by atoms with van der Waals surface area (Å²) < 4.78 is 0. The number of thiophene rings is 1. The summed E-state index contributed by atoms with van der Waals surface area (Å²) in [5, 5.41) is 3.17. The summed E-state index contributed by atoms with van der Waals surface area (Å²) in [6.07, 6.45) is 5.50. The molecule has 0 aliphatic rings. The topological polar surface area (TPSA) is 15.3 Å². The minimum absolute atomic E-state index is 1.08. The van der Waals surface area contributed by atoms with Gasteiger partial charge < -0.3 is 10.2 Å². The van der Waals surface area contributed by atoms with Gasteiger partial charge in [-0.15, -0.1) is 11.3 Å². The second kappa shape index (κ2) is 8.20. The van der Waals surface area contributed by atoms with Crippen molar-refractivity contribution >= 4 is 22.7 Å². The number of rotatable bonds is 6. The summed E-state index contributed by atoms with van der Waals surface area (Å²) in [6, 6.07) is 10.9. The minimum atomic E-state index is 1.08. The molecular formula is C21H28N2S. The molecular weight excluding hydrogens is 312 g/mol. The molecule has 0 amide bonds. The van der Waals surface area contributed by atoms with Crippen LogP contribution in [0.1, 0.15) is 37.6 Å². The van der Waals surface area contributed by atoms with Gasteiger partial charge in [0.25, 0.3) is 0 Å². The zero-order chi connectivity index (χ0) is 17.7. The van der Waals surface area contributed by atoms with Crippen molar-refractivity contribution in [2.75, 3.05) is 19.4 Å². The van der Waals surface area contributed by atoms with Gasteiger partial charge in [0.05, 0.1) is 10.6 Å². The summed E-state index contributed by atoms with van der Waals surface area (Å²) in [5.74, 6) is 0. The first-order chi connectivity index (χ1) is 11.5. The van der Waals surface area contributed by atoms with Crippen LogP contribution >= 0.6 is 11.3 Å². The fourth-order valence-corrected chi connectivity index (χ4v) is 3.99. The van der Waals surface area contributed by atoms with Gasteiger partial charge in [-0.05, 0) is 56.5 Å². The predicted molar refractivity (Wildman–Crippen MR) is 110 cm³/mol. The van der Waals surface area contributed by atoms with E-state index in [0.717, 1.165) is 12.1 Å². The van der Waals surface area contributed by atoms with Crippen LogP contribution in [-0.4, -0.2) is 19.0 Å². The molecule has 0 saturated carbocycles. The Morgan fingerprint density at radius 1 is 1.25 bits per heavy atom. The molecule has 0 unspecified atom stereocenters. The van der Waals surface area contributed by atoms with E-state index < -0.39 is 0 Å². The van der Waals surface area contributed by atoms with Crippen molar-refractivity contribution < 1.29 is 0 Å². The number of hydrogen-bond donors (Lipinski definition) is 1. The fourth-order valence-electron chi connectivity index (χ4n) is 2.69. The highest BCUT2D eigenvalue weighted by Gasteiger charge is 2.13. The highest BCUT2D eigenvalue weighted by Crippen LogP contribution is 2.37. The summed E-state index contributed by atoms with van der Waals surface area (Å²) >= 11 is 1.86. The van der Waals surface area contributed by atoms with Gasteiger partial charge in [0, 0.05) is 30.9 Å². The Balaban J connectivity index is 2.35. The molecule has 0 radical (unpaired) electrons. The SMILES string of the molecule is C/C=C(/c1cc(C)c(-c2ccc(NC)cc2)s1)N(C)/C=C(\C)CC. The smallest absolute Gasteiger partial charge is 0.0535 e. The Kier molecular flexibility index (Phi) is 6.27. The number of benzene rings is 1. The van der Waals surface area contributed by atoms with Gasteiger partial charge in [0.1, 0.15) is 0 Å². The van der Waals surface area contributed by atoms with E-state index in [1.54, 1.807) is 0 Å². The highest BCUT2D eigenvalue weighted by molar-refractivity contribution is 7.16. The Labute approximate surface area is 150 Å². The Hall–Kier alpha value is -2.00. The van der Waals surface area contributed by atoms with Crippen LogP contribution in [0, 0.1) is 6.92 Å². The van der Waals surface area contributed by atoms with Crippen molar-refractivity contribution in [2.24, 2.45) is 0 Å². The molecule has 0 bridgehead atoms. The van der Waals surface area contributed by atoms with E-state index in [9.17, 15) is 0 Å². The molecule has 2 rings (SSSR count). The quantitative estimate of drug-likeness (QED) is 0.657. The molecule has 0 aliphatic heterocycles. The third-order valence-corrected chi connectivity index (χ3v) is 5.54. The lowest BCUT2D eigenvalue weighted by Crippen LogP contribution is -2.08. The number of nitrogens with zero attached hydrogens (tertiary/aromatic N) is 1. The summed E-state index contributed by atoms with van der Waals surface area (Å²) in [7, 11) is 4.08. The van der Waals surface area contributed by atoms with Crippen LogP contribution in [0.25, 0.3) is 16.1 Å². The van der Waals surface area contributed by atoms with Crippen molar-refractivity contribution in [2.45, 2.75) is 34.1 Å². The second-order valence-corrected chi connectivity index (χ2v) is 7.12. The predicted octanol–water partition coefficient (Wildman–Crippen LogP) is 6.37. The second-order valence-electron chi connectivity index (χ2n) is 6.06. The number of anilines is 1. The molecule has 0 spiro atoms. The lowest BCUT2D eigenvalue weighted by molar-refractivity contribution is 0.645. The first-order valence-corrected chi connectivity index (χ1v) is 9.27. The van der Waals surface area contributed by atoms with Crippen molar-refractivity contribution in [1.82, 2.24) is 4.90 Å². The molecule has 3 heteroatoms. The third-order valence-electron chi connectivity index (χ3n) is 4.23. The number of allylic oxidation sites excluding steroid dienone is 2.